The number of hydrogen-bond donors (Lipinski definition) is 6. The van der Waals surface area contributed by atoms with Gasteiger partial charge in [-0.1, -0.05) is 23.7 Å². The van der Waals surface area contributed by atoms with E-state index in [1.165, 1.54) is 24.5 Å². The Bertz CT molecular complexity index is 1740. The molecule has 0 saturated heterocycles. The third-order valence-electron chi connectivity index (χ3n) is 7.91. The average molecular weight is 667 g/mol. The standard InChI is InChI=1S/C31H37ClFN7O2.C2H7N3/c1-36-26(21-8-9-21)5-2-4-20-14-24(28(33)25(32)15-20)27-16-22-17-40(31(41)39-29(22)38-27)23-10-6-19(7-11-23)18-42-13-3-12-37-30(34)35;1-5-2(3)4/h6-7,10-11,14-17,21,26,36H,2-5,8-9,12-13,18H2,1H3,(H4,34,35,37)(H,38,39,41);1H3,(H4,3,4,5). The quantitative estimate of drug-likeness (QED) is 0.0666. The molecule has 10 N–H and O–H groups in total. The lowest BCUT2D eigenvalue weighted by Crippen LogP contribution is -2.27. The van der Waals surface area contributed by atoms with E-state index in [4.69, 9.17) is 39.3 Å². The van der Waals surface area contributed by atoms with E-state index in [1.54, 1.807) is 18.3 Å². The van der Waals surface area contributed by atoms with Crippen molar-refractivity contribution in [3.63, 3.8) is 0 Å². The van der Waals surface area contributed by atoms with E-state index < -0.39 is 11.5 Å². The number of aliphatic imine (C=N–C) groups is 2. The zero-order valence-electron chi connectivity index (χ0n) is 26.8. The summed E-state index contributed by atoms with van der Waals surface area (Å²) in [6.45, 7) is 1.48. The van der Waals surface area contributed by atoms with Gasteiger partial charge in [-0.25, -0.2) is 9.18 Å². The molecule has 1 unspecified atom stereocenters. The van der Waals surface area contributed by atoms with Crippen molar-refractivity contribution < 1.29 is 9.13 Å². The topological polar surface area (TPSA) is 201 Å². The first-order valence-electron chi connectivity index (χ1n) is 15.6. The Labute approximate surface area is 278 Å². The molecule has 0 spiro atoms. The predicted molar refractivity (Wildman–Crippen MR) is 187 cm³/mol. The van der Waals surface area contributed by atoms with E-state index in [0.29, 0.717) is 60.2 Å². The molecule has 2 aromatic heterocycles. The first kappa shape index (κ1) is 35.4. The van der Waals surface area contributed by atoms with Crippen LogP contribution < -0.4 is 33.9 Å². The Kier molecular flexibility index (Phi) is 12.7. The van der Waals surface area contributed by atoms with Crippen molar-refractivity contribution >= 4 is 34.6 Å². The zero-order valence-corrected chi connectivity index (χ0v) is 27.6. The molecule has 0 radical (unpaired) electrons. The van der Waals surface area contributed by atoms with Gasteiger partial charge in [0.25, 0.3) is 0 Å². The largest absolute Gasteiger partial charge is 0.377 e. The Morgan fingerprint density at radius 1 is 1.13 bits per heavy atom. The molecular formula is C33H44ClFN10O2. The maximum absolute atomic E-state index is 15.2. The molecule has 252 valence electrons. The number of nitrogens with zero attached hydrogens (tertiary/aromatic N) is 4. The van der Waals surface area contributed by atoms with Crippen LogP contribution in [0.3, 0.4) is 0 Å². The highest BCUT2D eigenvalue weighted by molar-refractivity contribution is 6.31. The summed E-state index contributed by atoms with van der Waals surface area (Å²) in [7, 11) is 3.55. The van der Waals surface area contributed by atoms with Crippen molar-refractivity contribution in [1.82, 2.24) is 19.9 Å². The van der Waals surface area contributed by atoms with Crippen molar-refractivity contribution in [1.29, 1.82) is 0 Å². The summed E-state index contributed by atoms with van der Waals surface area (Å²) < 4.78 is 22.3. The molecule has 4 aromatic rings. The Balaban J connectivity index is 0.000000930. The van der Waals surface area contributed by atoms with Gasteiger partial charge < -0.3 is 38.0 Å². The average Bonchev–Trinajstić information content (AvgIpc) is 3.81. The van der Waals surface area contributed by atoms with Gasteiger partial charge in [-0.2, -0.15) is 4.98 Å². The zero-order chi connectivity index (χ0) is 33.9. The van der Waals surface area contributed by atoms with Crippen LogP contribution in [0.5, 0.6) is 0 Å². The summed E-state index contributed by atoms with van der Waals surface area (Å²) in [4.78, 5) is 27.5. The predicted octanol–water partition coefficient (Wildman–Crippen LogP) is 3.56. The van der Waals surface area contributed by atoms with Crippen LogP contribution >= 0.6 is 11.6 Å². The third kappa shape index (κ3) is 10.3. The number of nitrogens with one attached hydrogen (secondary N) is 2. The first-order valence-corrected chi connectivity index (χ1v) is 16.0. The lowest BCUT2D eigenvalue weighted by Gasteiger charge is -2.15. The van der Waals surface area contributed by atoms with Crippen molar-refractivity contribution in [3.05, 3.63) is 81.1 Å². The van der Waals surface area contributed by atoms with Gasteiger partial charge in [0.05, 0.1) is 23.0 Å². The van der Waals surface area contributed by atoms with Crippen LogP contribution in [0.25, 0.3) is 28.0 Å². The number of aryl methyl sites for hydroxylation is 1. The molecule has 5 rings (SSSR count). The molecule has 1 saturated carbocycles. The fourth-order valence-electron chi connectivity index (χ4n) is 5.27. The van der Waals surface area contributed by atoms with E-state index in [0.717, 1.165) is 36.3 Å². The van der Waals surface area contributed by atoms with Crippen molar-refractivity contribution in [3.8, 4) is 16.9 Å². The number of guanidine groups is 2. The number of aromatic nitrogens is 3. The normalized spacial score (nSPS) is 13.1. The van der Waals surface area contributed by atoms with Crippen LogP contribution in [-0.4, -0.2) is 59.7 Å². The molecule has 1 aliphatic rings. The van der Waals surface area contributed by atoms with Crippen LogP contribution in [0.15, 0.2) is 63.4 Å². The Hall–Kier alpha value is -4.46. The highest BCUT2D eigenvalue weighted by atomic mass is 35.5. The molecule has 0 bridgehead atoms. The molecule has 14 heteroatoms. The SMILES string of the molecule is CN=C(N)N.CNC(CCCc1cc(Cl)c(F)c(-c2cc3cn(-c4ccc(COCCCN=C(N)N)cc4)c(=O)nc3[nH]2)c1)C1CC1. The van der Waals surface area contributed by atoms with Crippen LogP contribution in [0.1, 0.15) is 43.2 Å². The fraction of sp³-hybridized carbons (Fsp3) is 0.394. The molecule has 0 amide bonds. The summed E-state index contributed by atoms with van der Waals surface area (Å²) in [6, 6.07) is 13.4. The number of hydrogen-bond acceptors (Lipinski definition) is 6. The summed E-state index contributed by atoms with van der Waals surface area (Å²) >= 11 is 6.31. The molecular weight excluding hydrogens is 623 g/mol. The third-order valence-corrected chi connectivity index (χ3v) is 8.19. The minimum absolute atomic E-state index is 0.0722. The molecule has 2 heterocycles. The van der Waals surface area contributed by atoms with Gasteiger partial charge in [-0.05, 0) is 92.9 Å². The van der Waals surface area contributed by atoms with E-state index in [1.807, 2.05) is 37.4 Å². The van der Waals surface area contributed by atoms with Crippen LogP contribution in [0.2, 0.25) is 5.02 Å². The van der Waals surface area contributed by atoms with Crippen molar-refractivity contribution in [2.75, 3.05) is 27.2 Å². The van der Waals surface area contributed by atoms with Crippen LogP contribution in [0, 0.1) is 11.7 Å². The van der Waals surface area contributed by atoms with E-state index in [2.05, 4.69) is 25.3 Å². The number of halogens is 2. The summed E-state index contributed by atoms with van der Waals surface area (Å²) in [5.74, 6) is 0.482. The molecule has 0 aliphatic heterocycles. The Morgan fingerprint density at radius 2 is 1.85 bits per heavy atom. The second kappa shape index (κ2) is 16.9. The highest BCUT2D eigenvalue weighted by Gasteiger charge is 2.29. The smallest absolute Gasteiger partial charge is 0.354 e. The summed E-state index contributed by atoms with van der Waals surface area (Å²) in [6.07, 6.45) is 7.87. The minimum atomic E-state index is -0.498. The maximum Gasteiger partial charge on any atom is 0.354 e. The second-order valence-corrected chi connectivity index (χ2v) is 11.9. The van der Waals surface area contributed by atoms with Gasteiger partial charge in [0, 0.05) is 43.4 Å². The molecule has 1 fully saturated rings. The summed E-state index contributed by atoms with van der Waals surface area (Å²) in [5, 5.41) is 4.19. The number of nitrogens with two attached hydrogens (primary N) is 4. The van der Waals surface area contributed by atoms with Crippen LogP contribution in [0.4, 0.5) is 4.39 Å². The summed E-state index contributed by atoms with van der Waals surface area (Å²) in [5.41, 5.74) is 23.7. The Morgan fingerprint density at radius 3 is 2.49 bits per heavy atom. The fourth-order valence-corrected chi connectivity index (χ4v) is 5.51. The minimum Gasteiger partial charge on any atom is -0.377 e. The number of rotatable bonds is 14. The highest BCUT2D eigenvalue weighted by Crippen LogP contribution is 2.35. The maximum atomic E-state index is 15.2. The molecule has 1 aliphatic carbocycles. The molecule has 2 aromatic carbocycles. The number of fused-ring (bicyclic) bond motifs is 1. The number of benzene rings is 2. The lowest BCUT2D eigenvalue weighted by atomic mass is 9.99. The van der Waals surface area contributed by atoms with Gasteiger partial charge in [0.1, 0.15) is 5.65 Å². The first-order chi connectivity index (χ1) is 22.6. The molecule has 47 heavy (non-hydrogen) atoms. The number of aromatic amines is 1. The van der Waals surface area contributed by atoms with Crippen molar-refractivity contribution in [2.24, 2.45) is 38.8 Å². The van der Waals surface area contributed by atoms with Crippen LogP contribution in [-0.2, 0) is 17.8 Å². The van der Waals surface area contributed by atoms with E-state index in [-0.39, 0.29) is 16.9 Å². The van der Waals surface area contributed by atoms with E-state index >= 15 is 4.39 Å². The molecule has 12 nitrogen and oxygen atoms in total. The van der Waals surface area contributed by atoms with Gasteiger partial charge >= 0.3 is 5.69 Å². The van der Waals surface area contributed by atoms with Gasteiger partial charge in [-0.3, -0.25) is 14.6 Å². The number of H-pyrrole nitrogens is 1. The monoisotopic (exact) mass is 666 g/mol. The molecule has 1 atom stereocenters. The van der Waals surface area contributed by atoms with Gasteiger partial charge in [0.15, 0.2) is 17.7 Å². The number of ether oxygens (including phenoxy) is 1. The van der Waals surface area contributed by atoms with Gasteiger partial charge in [-0.15, -0.1) is 0 Å². The van der Waals surface area contributed by atoms with E-state index in [9.17, 15) is 4.79 Å². The van der Waals surface area contributed by atoms with Gasteiger partial charge in [0.2, 0.25) is 0 Å². The van der Waals surface area contributed by atoms with Crippen molar-refractivity contribution in [2.45, 2.75) is 51.2 Å². The lowest BCUT2D eigenvalue weighted by molar-refractivity contribution is 0.120. The second-order valence-electron chi connectivity index (χ2n) is 11.5.